The number of rotatable bonds is 7. The van der Waals surface area contributed by atoms with Crippen molar-refractivity contribution in [3.63, 3.8) is 0 Å². The van der Waals surface area contributed by atoms with Gasteiger partial charge in [-0.3, -0.25) is 0 Å². The average Bonchev–Trinajstić information content (AvgIpc) is 2.36. The van der Waals surface area contributed by atoms with Gasteiger partial charge in [0.15, 0.2) is 0 Å². The predicted molar refractivity (Wildman–Crippen MR) is 72.5 cm³/mol. The normalized spacial score (nSPS) is 22.6. The maximum absolute atomic E-state index is 9.95. The Morgan fingerprint density at radius 3 is 2.69 bits per heavy atom. The smallest absolute Gasteiger partial charge is 0.0800 e. The maximum Gasteiger partial charge on any atom is 0.0800 e. The van der Waals surface area contributed by atoms with E-state index in [4.69, 9.17) is 6.85 Å². The first kappa shape index (κ1) is 8.30. The standard InChI is InChI=1S/C15H26O/c1-6-15(5,16)12-8-11-14(4)10-7-9-13(2)3/h6,9,11,16H,1,7-8,10,12H2,2-5H3/i2D3,5D2. The Morgan fingerprint density at radius 1 is 1.38 bits per heavy atom. The summed E-state index contributed by atoms with van der Waals surface area (Å²) in [6.07, 6.45) is 7.20. The molecule has 1 N–H and O–H groups in total. The monoisotopic (exact) mass is 227 g/mol. The van der Waals surface area contributed by atoms with Crippen LogP contribution in [-0.4, -0.2) is 10.7 Å². The highest BCUT2D eigenvalue weighted by Crippen LogP contribution is 2.15. The topological polar surface area (TPSA) is 20.2 Å². The van der Waals surface area contributed by atoms with Gasteiger partial charge in [-0.2, -0.15) is 0 Å². The largest absolute Gasteiger partial charge is 0.386 e. The molecule has 0 spiro atoms. The SMILES string of the molecule is [2H]C([2H])C(O)(C=C)CCC=C(C)CCC=C(C)C([2H])([2H])[2H]. The van der Waals surface area contributed by atoms with Gasteiger partial charge >= 0.3 is 0 Å². The number of allylic oxidation sites excluding steroid dienone is 4. The van der Waals surface area contributed by atoms with Gasteiger partial charge in [-0.1, -0.05) is 29.4 Å². The summed E-state index contributed by atoms with van der Waals surface area (Å²) in [5.74, 6) is 0. The molecule has 0 bridgehead atoms. The maximum atomic E-state index is 9.95. The van der Waals surface area contributed by atoms with Crippen LogP contribution in [0.1, 0.15) is 60.1 Å². The van der Waals surface area contributed by atoms with Crippen LogP contribution in [0.2, 0.25) is 0 Å². The molecule has 1 heteroatoms. The van der Waals surface area contributed by atoms with E-state index in [1.54, 1.807) is 13.0 Å². The van der Waals surface area contributed by atoms with Gasteiger partial charge in [-0.05, 0) is 53.3 Å². The molecule has 0 fully saturated rings. The first-order valence-electron chi connectivity index (χ1n) is 8.21. The van der Waals surface area contributed by atoms with Crippen LogP contribution in [0, 0.1) is 0 Å². The Kier molecular flexibility index (Phi) is 3.86. The van der Waals surface area contributed by atoms with Crippen molar-refractivity contribution in [2.75, 3.05) is 0 Å². The second kappa shape index (κ2) is 7.45. The number of hydrogen-bond donors (Lipinski definition) is 1. The highest BCUT2D eigenvalue weighted by atomic mass is 16.3. The summed E-state index contributed by atoms with van der Waals surface area (Å²) >= 11 is 0. The molecule has 1 atom stereocenters. The molecule has 1 nitrogen and oxygen atoms in total. The predicted octanol–water partition coefficient (Wildman–Crippen LogP) is 4.40. The summed E-state index contributed by atoms with van der Waals surface area (Å²) in [5.41, 5.74) is 0.0271. The molecule has 0 heterocycles. The van der Waals surface area contributed by atoms with E-state index in [2.05, 4.69) is 6.58 Å². The van der Waals surface area contributed by atoms with E-state index in [1.165, 1.54) is 6.08 Å². The zero-order valence-corrected chi connectivity index (χ0v) is 10.3. The van der Waals surface area contributed by atoms with Crippen LogP contribution in [0.5, 0.6) is 0 Å². The molecule has 0 saturated heterocycles. The molecule has 0 aliphatic carbocycles. The molecular formula is C15H26O. The molecule has 0 radical (unpaired) electrons. The van der Waals surface area contributed by atoms with Crippen LogP contribution in [0.15, 0.2) is 36.0 Å². The molecule has 0 aliphatic heterocycles. The Bertz CT molecular complexity index is 395. The molecule has 0 aromatic rings. The zero-order chi connectivity index (χ0) is 16.7. The quantitative estimate of drug-likeness (QED) is 0.639. The van der Waals surface area contributed by atoms with E-state index in [1.807, 2.05) is 13.0 Å². The van der Waals surface area contributed by atoms with Crippen molar-refractivity contribution in [3.8, 4) is 0 Å². The average molecular weight is 227 g/mol. The van der Waals surface area contributed by atoms with Gasteiger partial charge in [0.1, 0.15) is 0 Å². The Hall–Kier alpha value is -0.820. The molecule has 0 aromatic heterocycles. The van der Waals surface area contributed by atoms with Crippen molar-refractivity contribution in [2.45, 2.75) is 58.9 Å². The molecule has 0 aromatic carbocycles. The lowest BCUT2D eigenvalue weighted by Crippen LogP contribution is -2.19. The fraction of sp³-hybridized carbons (Fsp3) is 0.600. The molecule has 0 aliphatic rings. The van der Waals surface area contributed by atoms with Crippen molar-refractivity contribution >= 4 is 0 Å². The lowest BCUT2D eigenvalue weighted by Gasteiger charge is -2.16. The Balaban J connectivity index is 4.31. The summed E-state index contributed by atoms with van der Waals surface area (Å²) < 4.78 is 36.3. The third-order valence-corrected chi connectivity index (χ3v) is 2.38. The van der Waals surface area contributed by atoms with E-state index in [0.29, 0.717) is 18.4 Å². The van der Waals surface area contributed by atoms with Crippen LogP contribution in [0.3, 0.4) is 0 Å². The zero-order valence-electron chi connectivity index (χ0n) is 15.3. The minimum absolute atomic E-state index is 0.287. The van der Waals surface area contributed by atoms with Crippen LogP contribution in [0.25, 0.3) is 0 Å². The molecule has 16 heavy (non-hydrogen) atoms. The van der Waals surface area contributed by atoms with Gasteiger partial charge in [0.25, 0.3) is 0 Å². The summed E-state index contributed by atoms with van der Waals surface area (Å²) in [5, 5.41) is 9.95. The Morgan fingerprint density at radius 2 is 2.12 bits per heavy atom. The fourth-order valence-electron chi connectivity index (χ4n) is 1.27. The third-order valence-electron chi connectivity index (χ3n) is 2.38. The third kappa shape index (κ3) is 8.49. The molecular weight excluding hydrogens is 196 g/mol. The van der Waals surface area contributed by atoms with Crippen molar-refractivity contribution in [1.29, 1.82) is 0 Å². The lowest BCUT2D eigenvalue weighted by atomic mass is 9.99. The van der Waals surface area contributed by atoms with Crippen LogP contribution >= 0.6 is 0 Å². The highest BCUT2D eigenvalue weighted by Gasteiger charge is 2.12. The van der Waals surface area contributed by atoms with E-state index >= 15 is 0 Å². The van der Waals surface area contributed by atoms with Gasteiger partial charge in [0, 0.05) is 6.85 Å². The van der Waals surface area contributed by atoms with Gasteiger partial charge in [-0.25, -0.2) is 0 Å². The second-order valence-electron chi connectivity index (χ2n) is 4.21. The summed E-state index contributed by atoms with van der Waals surface area (Å²) in [7, 11) is 0. The van der Waals surface area contributed by atoms with Gasteiger partial charge in [0.05, 0.1) is 5.60 Å². The molecule has 92 valence electrons. The first-order valence-corrected chi connectivity index (χ1v) is 5.56. The van der Waals surface area contributed by atoms with Crippen molar-refractivity contribution < 1.29 is 12.0 Å². The minimum atomic E-state index is -2.02. The van der Waals surface area contributed by atoms with Gasteiger partial charge in [0.2, 0.25) is 0 Å². The van der Waals surface area contributed by atoms with Crippen molar-refractivity contribution in [3.05, 3.63) is 36.0 Å². The number of hydrogen-bond acceptors (Lipinski definition) is 1. The summed E-state index contributed by atoms with van der Waals surface area (Å²) in [4.78, 5) is 0. The number of aliphatic hydroxyl groups is 1. The van der Waals surface area contributed by atoms with E-state index in [0.717, 1.165) is 12.0 Å². The molecule has 0 amide bonds. The summed E-state index contributed by atoms with van der Waals surface area (Å²) in [6, 6.07) is 0. The van der Waals surface area contributed by atoms with E-state index in [9.17, 15) is 5.11 Å². The van der Waals surface area contributed by atoms with Crippen molar-refractivity contribution in [1.82, 2.24) is 0 Å². The molecule has 0 saturated carbocycles. The highest BCUT2D eigenvalue weighted by molar-refractivity contribution is 5.03. The van der Waals surface area contributed by atoms with E-state index < -0.39 is 19.3 Å². The minimum Gasteiger partial charge on any atom is -0.386 e. The molecule has 1 unspecified atom stereocenters. The first-order chi connectivity index (χ1) is 9.53. The van der Waals surface area contributed by atoms with Crippen LogP contribution in [0.4, 0.5) is 0 Å². The fourth-order valence-corrected chi connectivity index (χ4v) is 1.27. The molecule has 0 rings (SSSR count). The summed E-state index contributed by atoms with van der Waals surface area (Å²) in [6.45, 7) is 3.66. The Labute approximate surface area is 108 Å². The van der Waals surface area contributed by atoms with Crippen LogP contribution in [-0.2, 0) is 0 Å². The van der Waals surface area contributed by atoms with Crippen molar-refractivity contribution in [2.24, 2.45) is 0 Å². The van der Waals surface area contributed by atoms with Gasteiger partial charge < -0.3 is 5.11 Å². The van der Waals surface area contributed by atoms with E-state index in [-0.39, 0.29) is 6.42 Å². The van der Waals surface area contributed by atoms with Gasteiger partial charge in [-0.15, -0.1) is 6.58 Å². The second-order valence-corrected chi connectivity index (χ2v) is 4.21. The van der Waals surface area contributed by atoms with Crippen LogP contribution < -0.4 is 0 Å². The lowest BCUT2D eigenvalue weighted by molar-refractivity contribution is 0.103.